The summed E-state index contributed by atoms with van der Waals surface area (Å²) in [7, 11) is 0. The summed E-state index contributed by atoms with van der Waals surface area (Å²) in [4.78, 5) is 22.8. The molecule has 0 spiro atoms. The molecule has 0 aliphatic heterocycles. The molecule has 2 heterocycles. The van der Waals surface area contributed by atoms with Gasteiger partial charge in [0.25, 0.3) is 0 Å². The molecule has 0 aliphatic rings. The van der Waals surface area contributed by atoms with Crippen LogP contribution in [0.1, 0.15) is 25.0 Å². The van der Waals surface area contributed by atoms with Gasteiger partial charge in [-0.1, -0.05) is 24.3 Å². The van der Waals surface area contributed by atoms with Crippen LogP contribution in [0.2, 0.25) is 0 Å². The molecule has 7 nitrogen and oxygen atoms in total. The molecular formula is C28H25N3O4. The third-order valence-electron chi connectivity index (χ3n) is 6.08. The van der Waals surface area contributed by atoms with E-state index in [4.69, 9.17) is 4.42 Å². The summed E-state index contributed by atoms with van der Waals surface area (Å²) < 4.78 is 5.66. The number of nitrogens with zero attached hydrogens (tertiary/aromatic N) is 2. The first-order chi connectivity index (χ1) is 16.9. The number of nitrogens with one attached hydrogen (secondary N) is 1. The van der Waals surface area contributed by atoms with Crippen molar-refractivity contribution in [3.8, 4) is 22.9 Å². The fourth-order valence-electron chi connectivity index (χ4n) is 4.15. The molecule has 0 unspecified atom stereocenters. The van der Waals surface area contributed by atoms with Gasteiger partial charge >= 0.3 is 5.63 Å². The second-order valence-corrected chi connectivity index (χ2v) is 8.29. The highest BCUT2D eigenvalue weighted by Crippen LogP contribution is 2.27. The zero-order valence-corrected chi connectivity index (χ0v) is 19.4. The van der Waals surface area contributed by atoms with E-state index in [0.29, 0.717) is 17.0 Å². The van der Waals surface area contributed by atoms with E-state index in [9.17, 15) is 15.0 Å². The van der Waals surface area contributed by atoms with E-state index in [0.717, 1.165) is 46.3 Å². The third-order valence-corrected chi connectivity index (χ3v) is 6.08. The molecule has 5 rings (SSSR count). The topological polar surface area (TPSA) is 103 Å². The molecule has 7 heteroatoms. The lowest BCUT2D eigenvalue weighted by atomic mass is 10.1. The molecule has 0 saturated carbocycles. The summed E-state index contributed by atoms with van der Waals surface area (Å²) >= 11 is 0. The first-order valence-corrected chi connectivity index (χ1v) is 11.5. The Labute approximate surface area is 201 Å². The van der Waals surface area contributed by atoms with E-state index in [1.165, 1.54) is 12.1 Å². The number of fused-ring (bicyclic) bond motifs is 2. The SMILES string of the molecule is CCN(CC)c1ccc2cc(-c3nc4ccc(C=Cc5ccc(O)c(O)c5)cc4[nH]3)c(=O)oc2c1. The Morgan fingerprint density at radius 1 is 0.914 bits per heavy atom. The Balaban J connectivity index is 1.47. The lowest BCUT2D eigenvalue weighted by Crippen LogP contribution is -2.21. The van der Waals surface area contributed by atoms with Gasteiger partial charge in [0.15, 0.2) is 11.5 Å². The number of H-pyrrole nitrogens is 1. The highest BCUT2D eigenvalue weighted by atomic mass is 16.4. The molecule has 0 fully saturated rings. The second kappa shape index (κ2) is 9.02. The minimum atomic E-state index is -0.444. The van der Waals surface area contributed by atoms with Crippen LogP contribution in [-0.2, 0) is 0 Å². The van der Waals surface area contributed by atoms with Gasteiger partial charge < -0.3 is 24.5 Å². The van der Waals surface area contributed by atoms with Crippen molar-refractivity contribution in [2.75, 3.05) is 18.0 Å². The molecule has 176 valence electrons. The predicted molar refractivity (Wildman–Crippen MR) is 140 cm³/mol. The molecule has 0 saturated heterocycles. The molecule has 0 atom stereocenters. The van der Waals surface area contributed by atoms with Crippen LogP contribution in [0, 0.1) is 0 Å². The Bertz CT molecular complexity index is 1630. The van der Waals surface area contributed by atoms with Gasteiger partial charge in [0.2, 0.25) is 0 Å². The van der Waals surface area contributed by atoms with E-state index < -0.39 is 5.63 Å². The summed E-state index contributed by atoms with van der Waals surface area (Å²) in [5, 5.41) is 20.0. The van der Waals surface area contributed by atoms with Gasteiger partial charge in [-0.05, 0) is 67.4 Å². The molecule has 0 radical (unpaired) electrons. The maximum atomic E-state index is 12.8. The molecule has 0 amide bonds. The molecule has 0 aliphatic carbocycles. The smallest absolute Gasteiger partial charge is 0.347 e. The summed E-state index contributed by atoms with van der Waals surface area (Å²) in [6.45, 7) is 5.93. The van der Waals surface area contributed by atoms with Crippen molar-refractivity contribution >= 4 is 39.8 Å². The highest BCUT2D eigenvalue weighted by Gasteiger charge is 2.13. The average molecular weight is 468 g/mol. The van der Waals surface area contributed by atoms with Crippen molar-refractivity contribution < 1.29 is 14.6 Å². The number of hydrogen-bond donors (Lipinski definition) is 3. The molecule has 3 aromatic carbocycles. The van der Waals surface area contributed by atoms with E-state index >= 15 is 0 Å². The molecule has 3 N–H and O–H groups in total. The number of rotatable bonds is 6. The van der Waals surface area contributed by atoms with Gasteiger partial charge in [-0.15, -0.1) is 0 Å². The van der Waals surface area contributed by atoms with Gasteiger partial charge in [-0.3, -0.25) is 0 Å². The van der Waals surface area contributed by atoms with Gasteiger partial charge in [0.05, 0.1) is 11.0 Å². The highest BCUT2D eigenvalue weighted by molar-refractivity contribution is 5.87. The minimum absolute atomic E-state index is 0.156. The number of hydrogen-bond acceptors (Lipinski definition) is 6. The maximum absolute atomic E-state index is 12.8. The zero-order valence-electron chi connectivity index (χ0n) is 19.4. The van der Waals surface area contributed by atoms with Gasteiger partial charge in [0, 0.05) is 30.2 Å². The standard InChI is InChI=1S/C28H25N3O4/c1-3-31(4-2)20-10-9-19-15-21(28(34)35-26(19)16-20)27-29-22-11-7-17(13-23(22)30-27)5-6-18-8-12-24(32)25(33)14-18/h5-16,32-33H,3-4H2,1-2H3,(H,29,30). The number of imidazole rings is 1. The quantitative estimate of drug-likeness (QED) is 0.167. The Morgan fingerprint density at radius 2 is 1.66 bits per heavy atom. The van der Waals surface area contributed by atoms with Gasteiger partial charge in [-0.2, -0.15) is 0 Å². The van der Waals surface area contributed by atoms with Crippen molar-refractivity contribution in [2.24, 2.45) is 0 Å². The minimum Gasteiger partial charge on any atom is -0.504 e. The number of aromatic hydroxyl groups is 2. The summed E-state index contributed by atoms with van der Waals surface area (Å²) in [6.07, 6.45) is 3.73. The van der Waals surface area contributed by atoms with Gasteiger partial charge in [-0.25, -0.2) is 9.78 Å². The average Bonchev–Trinajstić information content (AvgIpc) is 3.28. The summed E-state index contributed by atoms with van der Waals surface area (Å²) in [5.41, 5.74) is 4.68. The number of benzene rings is 3. The molecule has 0 bridgehead atoms. The van der Waals surface area contributed by atoms with Crippen molar-refractivity contribution in [2.45, 2.75) is 13.8 Å². The first kappa shape index (κ1) is 22.3. The number of aromatic nitrogens is 2. The van der Waals surface area contributed by atoms with E-state index in [2.05, 4.69) is 28.7 Å². The number of phenolic OH excluding ortho intramolecular Hbond substituents is 2. The third kappa shape index (κ3) is 4.36. The lowest BCUT2D eigenvalue weighted by Gasteiger charge is -2.20. The Hall–Kier alpha value is -4.52. The first-order valence-electron chi connectivity index (χ1n) is 11.5. The van der Waals surface area contributed by atoms with Crippen LogP contribution < -0.4 is 10.5 Å². The fourth-order valence-corrected chi connectivity index (χ4v) is 4.15. The van der Waals surface area contributed by atoms with Gasteiger partial charge in [0.1, 0.15) is 17.0 Å². The van der Waals surface area contributed by atoms with E-state index in [1.807, 2.05) is 54.6 Å². The fraction of sp³-hybridized carbons (Fsp3) is 0.143. The number of anilines is 1. The largest absolute Gasteiger partial charge is 0.504 e. The molecular weight excluding hydrogens is 442 g/mol. The van der Waals surface area contributed by atoms with Crippen LogP contribution in [0.3, 0.4) is 0 Å². The normalized spacial score (nSPS) is 11.6. The maximum Gasteiger partial charge on any atom is 0.347 e. The second-order valence-electron chi connectivity index (χ2n) is 8.29. The van der Waals surface area contributed by atoms with Crippen LogP contribution in [0.15, 0.2) is 69.9 Å². The van der Waals surface area contributed by atoms with E-state index in [1.54, 1.807) is 6.07 Å². The Morgan fingerprint density at radius 3 is 2.40 bits per heavy atom. The van der Waals surface area contributed by atoms with Crippen molar-refractivity contribution in [1.82, 2.24) is 9.97 Å². The molecule has 35 heavy (non-hydrogen) atoms. The van der Waals surface area contributed by atoms with E-state index in [-0.39, 0.29) is 11.5 Å². The Kier molecular flexibility index (Phi) is 5.74. The molecule has 2 aromatic heterocycles. The summed E-state index contributed by atoms with van der Waals surface area (Å²) in [5.74, 6) is 0.128. The van der Waals surface area contributed by atoms with Crippen molar-refractivity contribution in [1.29, 1.82) is 0 Å². The lowest BCUT2D eigenvalue weighted by molar-refractivity contribution is 0.403. The monoisotopic (exact) mass is 467 g/mol. The van der Waals surface area contributed by atoms with Crippen molar-refractivity contribution in [3.05, 3.63) is 82.2 Å². The predicted octanol–water partition coefficient (Wildman–Crippen LogP) is 5.76. The number of phenols is 2. The van der Waals surface area contributed by atoms with Crippen LogP contribution >= 0.6 is 0 Å². The molecule has 5 aromatic rings. The zero-order chi connectivity index (χ0) is 24.5. The van der Waals surface area contributed by atoms with Crippen LogP contribution in [0.5, 0.6) is 11.5 Å². The van der Waals surface area contributed by atoms with Crippen LogP contribution in [0.4, 0.5) is 5.69 Å². The van der Waals surface area contributed by atoms with Crippen LogP contribution in [0.25, 0.3) is 45.5 Å². The number of aromatic amines is 1. The van der Waals surface area contributed by atoms with Crippen molar-refractivity contribution in [3.63, 3.8) is 0 Å². The summed E-state index contributed by atoms with van der Waals surface area (Å²) in [6, 6.07) is 18.1. The van der Waals surface area contributed by atoms with Crippen LogP contribution in [-0.4, -0.2) is 33.3 Å².